The molecular formula is C29H20NO2P. The monoisotopic (exact) mass is 445 g/mol. The Balaban J connectivity index is 1.61. The van der Waals surface area contributed by atoms with E-state index >= 15 is 0 Å². The molecule has 0 saturated heterocycles. The average molecular weight is 445 g/mol. The molecule has 0 radical (unpaired) electrons. The average Bonchev–Trinajstić information content (AvgIpc) is 3.30. The van der Waals surface area contributed by atoms with Gasteiger partial charge in [-0.25, -0.2) is 4.98 Å². The van der Waals surface area contributed by atoms with E-state index in [2.05, 4.69) is 12.1 Å². The SMILES string of the molecule is O=P(c1ccccc1)(c1ccccc1)c1ccccc1-c1nc2cc3ccccc3cc2o1. The smallest absolute Gasteiger partial charge is 0.228 e. The number of oxazole rings is 1. The predicted octanol–water partition coefficient (Wildman–Crippen LogP) is 6.29. The van der Waals surface area contributed by atoms with Crippen molar-refractivity contribution in [1.29, 1.82) is 0 Å². The molecule has 0 aliphatic rings. The third-order valence-corrected chi connectivity index (χ3v) is 9.09. The highest BCUT2D eigenvalue weighted by molar-refractivity contribution is 7.85. The van der Waals surface area contributed by atoms with E-state index in [1.807, 2.05) is 109 Å². The highest BCUT2D eigenvalue weighted by Crippen LogP contribution is 2.45. The van der Waals surface area contributed by atoms with Gasteiger partial charge in [0.25, 0.3) is 0 Å². The first-order valence-electron chi connectivity index (χ1n) is 10.8. The van der Waals surface area contributed by atoms with Gasteiger partial charge in [-0.1, -0.05) is 103 Å². The minimum Gasteiger partial charge on any atom is -0.436 e. The van der Waals surface area contributed by atoms with Crippen molar-refractivity contribution in [1.82, 2.24) is 4.98 Å². The van der Waals surface area contributed by atoms with Gasteiger partial charge in [-0.05, 0) is 29.0 Å². The Hall–Kier alpha value is -3.94. The summed E-state index contributed by atoms with van der Waals surface area (Å²) >= 11 is 0. The van der Waals surface area contributed by atoms with Gasteiger partial charge < -0.3 is 8.98 Å². The second-order valence-electron chi connectivity index (χ2n) is 7.98. The number of nitrogens with zero attached hydrogens (tertiary/aromatic N) is 1. The van der Waals surface area contributed by atoms with Crippen molar-refractivity contribution in [3.05, 3.63) is 121 Å². The Morgan fingerprint density at radius 3 is 1.82 bits per heavy atom. The zero-order valence-corrected chi connectivity index (χ0v) is 18.7. The van der Waals surface area contributed by atoms with Gasteiger partial charge in [0.05, 0.1) is 0 Å². The molecule has 4 heteroatoms. The van der Waals surface area contributed by atoms with Crippen LogP contribution in [0.15, 0.2) is 126 Å². The van der Waals surface area contributed by atoms with Crippen molar-refractivity contribution in [2.45, 2.75) is 0 Å². The second kappa shape index (κ2) is 7.88. The fourth-order valence-electron chi connectivity index (χ4n) is 4.36. The van der Waals surface area contributed by atoms with Crippen LogP contribution in [0.1, 0.15) is 0 Å². The summed E-state index contributed by atoms with van der Waals surface area (Å²) in [6.45, 7) is 0. The van der Waals surface area contributed by atoms with Crippen molar-refractivity contribution >= 4 is 44.9 Å². The zero-order chi connectivity index (χ0) is 22.3. The number of hydrogen-bond donors (Lipinski definition) is 0. The Kier molecular flexibility index (Phi) is 4.71. The van der Waals surface area contributed by atoms with E-state index in [0.717, 1.165) is 37.8 Å². The number of fused-ring (bicyclic) bond motifs is 2. The molecule has 0 fully saturated rings. The van der Waals surface area contributed by atoms with Crippen LogP contribution in [-0.2, 0) is 4.57 Å². The normalized spacial score (nSPS) is 11.8. The fraction of sp³-hybridized carbons (Fsp3) is 0. The van der Waals surface area contributed by atoms with Gasteiger partial charge in [0, 0.05) is 21.5 Å². The quantitative estimate of drug-likeness (QED) is 0.300. The van der Waals surface area contributed by atoms with Crippen LogP contribution in [-0.4, -0.2) is 4.98 Å². The molecule has 1 aromatic heterocycles. The van der Waals surface area contributed by atoms with Crippen molar-refractivity contribution in [2.24, 2.45) is 0 Å². The summed E-state index contributed by atoms with van der Waals surface area (Å²) in [5, 5.41) is 4.49. The molecule has 0 atom stereocenters. The van der Waals surface area contributed by atoms with Crippen molar-refractivity contribution in [2.75, 3.05) is 0 Å². The molecular weight excluding hydrogens is 425 g/mol. The molecule has 33 heavy (non-hydrogen) atoms. The molecule has 5 aromatic carbocycles. The molecule has 0 unspecified atom stereocenters. The number of hydrogen-bond acceptors (Lipinski definition) is 3. The topological polar surface area (TPSA) is 43.1 Å². The summed E-state index contributed by atoms with van der Waals surface area (Å²) in [6, 6.07) is 39.3. The molecule has 0 bridgehead atoms. The molecule has 1 heterocycles. The lowest BCUT2D eigenvalue weighted by molar-refractivity contribution is 0.592. The van der Waals surface area contributed by atoms with E-state index in [1.165, 1.54) is 0 Å². The van der Waals surface area contributed by atoms with Crippen molar-refractivity contribution in [3.8, 4) is 11.5 Å². The molecule has 0 saturated carbocycles. The molecule has 0 aliphatic heterocycles. The van der Waals surface area contributed by atoms with Gasteiger partial charge in [-0.2, -0.15) is 0 Å². The lowest BCUT2D eigenvalue weighted by Crippen LogP contribution is -2.26. The summed E-state index contributed by atoms with van der Waals surface area (Å²) in [6.07, 6.45) is 0. The summed E-state index contributed by atoms with van der Waals surface area (Å²) in [7, 11) is -3.17. The van der Waals surface area contributed by atoms with Crippen molar-refractivity contribution in [3.63, 3.8) is 0 Å². The van der Waals surface area contributed by atoms with Gasteiger partial charge >= 0.3 is 0 Å². The van der Waals surface area contributed by atoms with Crippen LogP contribution in [0.4, 0.5) is 0 Å². The standard InChI is InChI=1S/C29H20NO2P/c31-33(23-13-3-1-4-14-23,24-15-5-2-6-16-24)28-18-10-9-17-25(28)29-30-26-19-21-11-7-8-12-22(21)20-27(26)32-29/h1-20H. The largest absolute Gasteiger partial charge is 0.436 e. The van der Waals surface area contributed by atoms with Gasteiger partial charge in [0.2, 0.25) is 5.89 Å². The van der Waals surface area contributed by atoms with Crippen LogP contribution in [0.5, 0.6) is 0 Å². The van der Waals surface area contributed by atoms with E-state index in [0.29, 0.717) is 11.5 Å². The summed E-state index contributed by atoms with van der Waals surface area (Å²) in [5.41, 5.74) is 2.24. The zero-order valence-electron chi connectivity index (χ0n) is 17.8. The van der Waals surface area contributed by atoms with Crippen molar-refractivity contribution < 1.29 is 8.98 Å². The van der Waals surface area contributed by atoms with Crippen LogP contribution in [0.2, 0.25) is 0 Å². The first-order valence-corrected chi connectivity index (χ1v) is 12.5. The first-order chi connectivity index (χ1) is 16.2. The van der Waals surface area contributed by atoms with E-state index < -0.39 is 7.14 Å². The fourth-order valence-corrected chi connectivity index (χ4v) is 7.20. The maximum atomic E-state index is 14.9. The Morgan fingerprint density at radius 1 is 0.606 bits per heavy atom. The highest BCUT2D eigenvalue weighted by Gasteiger charge is 2.33. The van der Waals surface area contributed by atoms with Crippen LogP contribution in [0, 0.1) is 0 Å². The van der Waals surface area contributed by atoms with E-state index in [9.17, 15) is 4.57 Å². The maximum Gasteiger partial charge on any atom is 0.228 e. The summed E-state index contributed by atoms with van der Waals surface area (Å²) in [4.78, 5) is 4.81. The van der Waals surface area contributed by atoms with Crippen LogP contribution >= 0.6 is 7.14 Å². The molecule has 3 nitrogen and oxygen atoms in total. The molecule has 0 aliphatic carbocycles. The number of benzene rings is 5. The molecule has 158 valence electrons. The summed E-state index contributed by atoms with van der Waals surface area (Å²) < 4.78 is 21.2. The minimum absolute atomic E-state index is 0.475. The summed E-state index contributed by atoms with van der Waals surface area (Å²) in [5.74, 6) is 0.475. The first kappa shape index (κ1) is 19.7. The Bertz CT molecular complexity index is 1540. The Morgan fingerprint density at radius 2 is 1.15 bits per heavy atom. The lowest BCUT2D eigenvalue weighted by Gasteiger charge is -2.21. The molecule has 6 aromatic rings. The second-order valence-corrected chi connectivity index (χ2v) is 10.7. The predicted molar refractivity (Wildman–Crippen MR) is 136 cm³/mol. The molecule has 0 spiro atoms. The van der Waals surface area contributed by atoms with E-state index in [1.54, 1.807) is 0 Å². The molecule has 0 amide bonds. The van der Waals surface area contributed by atoms with Crippen LogP contribution in [0.3, 0.4) is 0 Å². The van der Waals surface area contributed by atoms with Gasteiger partial charge in [-0.15, -0.1) is 0 Å². The van der Waals surface area contributed by atoms with Gasteiger partial charge in [0.15, 0.2) is 12.7 Å². The third kappa shape index (κ3) is 3.29. The maximum absolute atomic E-state index is 14.9. The van der Waals surface area contributed by atoms with Gasteiger partial charge in [-0.3, -0.25) is 0 Å². The van der Waals surface area contributed by atoms with Gasteiger partial charge in [0.1, 0.15) is 5.52 Å². The highest BCUT2D eigenvalue weighted by atomic mass is 31.2. The lowest BCUT2D eigenvalue weighted by atomic mass is 10.1. The van der Waals surface area contributed by atoms with E-state index in [4.69, 9.17) is 9.40 Å². The minimum atomic E-state index is -3.17. The molecule has 0 N–H and O–H groups in total. The van der Waals surface area contributed by atoms with Crippen LogP contribution < -0.4 is 15.9 Å². The van der Waals surface area contributed by atoms with Crippen LogP contribution in [0.25, 0.3) is 33.3 Å². The Labute approximate surface area is 191 Å². The third-order valence-electron chi connectivity index (χ3n) is 5.97. The molecule has 6 rings (SSSR count). The number of rotatable bonds is 4. The van der Waals surface area contributed by atoms with E-state index in [-0.39, 0.29) is 0 Å². The number of aromatic nitrogens is 1.